The Morgan fingerprint density at radius 1 is 0.947 bits per heavy atom. The van der Waals surface area contributed by atoms with E-state index in [1.165, 1.54) is 24.4 Å². The summed E-state index contributed by atoms with van der Waals surface area (Å²) in [6, 6.07) is 4.71. The first-order valence-corrected chi connectivity index (χ1v) is 23.2. The summed E-state index contributed by atoms with van der Waals surface area (Å²) >= 11 is 0. The lowest BCUT2D eigenvalue weighted by molar-refractivity contribution is -0.167. The van der Waals surface area contributed by atoms with Gasteiger partial charge in [-0.05, 0) is 128 Å². The number of morpholine rings is 1. The van der Waals surface area contributed by atoms with Crippen molar-refractivity contribution in [3.8, 4) is 11.5 Å². The van der Waals surface area contributed by atoms with Gasteiger partial charge in [0.05, 0.1) is 43.4 Å². The largest absolute Gasteiger partial charge is 0.493 e. The summed E-state index contributed by atoms with van der Waals surface area (Å²) in [6.07, 6.45) is 14.4. The number of rotatable bonds is 9. The molecule has 0 bridgehead atoms. The van der Waals surface area contributed by atoms with Crippen LogP contribution in [0.4, 0.5) is 0 Å². The number of allylic oxidation sites excluding steroid dienone is 2. The van der Waals surface area contributed by atoms with Crippen LogP contribution < -0.4 is 14.8 Å². The van der Waals surface area contributed by atoms with Gasteiger partial charge < -0.3 is 19.5 Å². The molecule has 11 heteroatoms. The zero-order chi connectivity index (χ0) is 40.8. The highest BCUT2D eigenvalue weighted by atomic mass is 32.2. The molecule has 314 valence electrons. The lowest BCUT2D eigenvalue weighted by atomic mass is 9.33. The van der Waals surface area contributed by atoms with Gasteiger partial charge in [-0.15, -0.1) is 0 Å². The number of carbonyl (C=O) groups is 1. The second kappa shape index (κ2) is 14.1. The Morgan fingerprint density at radius 2 is 1.67 bits per heavy atom. The predicted octanol–water partition coefficient (Wildman–Crippen LogP) is 7.79. The van der Waals surface area contributed by atoms with Crippen LogP contribution in [0.1, 0.15) is 118 Å². The minimum Gasteiger partial charge on any atom is -0.493 e. The topological polar surface area (TPSA) is 112 Å². The zero-order valence-corrected chi connectivity index (χ0v) is 36.9. The highest BCUT2D eigenvalue weighted by molar-refractivity contribution is 7.89. The number of fused-ring (bicyclic) bond motifs is 8. The number of carbonyl (C=O) groups excluding carboxylic acids is 1. The molecule has 1 saturated heterocycles. The third-order valence-corrected chi connectivity index (χ3v) is 18.6. The normalized spacial score (nSPS) is 35.7. The average Bonchev–Trinajstić information content (AvgIpc) is 3.62. The number of nitrogens with one attached hydrogen (secondary N) is 1. The number of ether oxygens (including phenoxy) is 3. The lowest BCUT2D eigenvalue weighted by Gasteiger charge is -2.70. The fourth-order valence-corrected chi connectivity index (χ4v) is 15.0. The second-order valence-electron chi connectivity index (χ2n) is 20.7. The van der Waals surface area contributed by atoms with Gasteiger partial charge in [0.2, 0.25) is 5.91 Å². The van der Waals surface area contributed by atoms with E-state index in [9.17, 15) is 13.2 Å². The van der Waals surface area contributed by atoms with Crippen LogP contribution in [0, 0.1) is 44.8 Å². The van der Waals surface area contributed by atoms with E-state index in [0.29, 0.717) is 23.3 Å². The Morgan fingerprint density at radius 3 is 2.39 bits per heavy atom. The molecule has 8 rings (SSSR count). The number of hydrogen-bond donors (Lipinski definition) is 1. The molecular formula is C46H68N4O6S. The van der Waals surface area contributed by atoms with E-state index in [-0.39, 0.29) is 49.2 Å². The highest BCUT2D eigenvalue weighted by Gasteiger charge is 2.69. The van der Waals surface area contributed by atoms with Crippen LogP contribution >= 0.6 is 0 Å². The summed E-state index contributed by atoms with van der Waals surface area (Å²) in [4.78, 5) is 17.1. The van der Waals surface area contributed by atoms with E-state index < -0.39 is 10.0 Å². The average molecular weight is 805 g/mol. The van der Waals surface area contributed by atoms with E-state index in [0.717, 1.165) is 115 Å². The molecule has 1 amide bonds. The molecule has 1 aromatic carbocycles. The second-order valence-corrected chi connectivity index (χ2v) is 22.5. The van der Waals surface area contributed by atoms with Gasteiger partial charge in [0.15, 0.2) is 11.5 Å². The summed E-state index contributed by atoms with van der Waals surface area (Å²) in [5.74, 6) is 2.14. The van der Waals surface area contributed by atoms with Crippen LogP contribution in [-0.4, -0.2) is 82.0 Å². The van der Waals surface area contributed by atoms with Gasteiger partial charge >= 0.3 is 0 Å². The Hall–Kier alpha value is -2.89. The summed E-state index contributed by atoms with van der Waals surface area (Å²) in [7, 11) is -0.932. The molecule has 4 fully saturated rings. The fourth-order valence-electron chi connectivity index (χ4n) is 13.8. The summed E-state index contributed by atoms with van der Waals surface area (Å²) in [5.41, 5.74) is 2.98. The van der Waals surface area contributed by atoms with Gasteiger partial charge in [0, 0.05) is 37.3 Å². The van der Waals surface area contributed by atoms with E-state index in [4.69, 9.17) is 19.3 Å². The minimum absolute atomic E-state index is 0.0204. The highest BCUT2D eigenvalue weighted by Crippen LogP contribution is 2.75. The number of hydrogen-bond acceptors (Lipinski definition) is 8. The smallest absolute Gasteiger partial charge is 0.283 e. The maximum atomic E-state index is 14.6. The van der Waals surface area contributed by atoms with Crippen molar-refractivity contribution >= 4 is 15.9 Å². The zero-order valence-electron chi connectivity index (χ0n) is 36.1. The molecule has 1 N–H and O–H groups in total. The van der Waals surface area contributed by atoms with E-state index in [2.05, 4.69) is 64.8 Å². The molecule has 1 aliphatic heterocycles. The monoisotopic (exact) mass is 804 g/mol. The van der Waals surface area contributed by atoms with Crippen molar-refractivity contribution in [2.75, 3.05) is 53.6 Å². The first-order valence-electron chi connectivity index (χ1n) is 21.7. The molecule has 0 radical (unpaired) electrons. The van der Waals surface area contributed by atoms with E-state index in [1.807, 2.05) is 0 Å². The SMILES string of the molecule is COc1ccc(S(=O)(=O)n2cc3c(n2)C(C)(C)[C@@H]2CC[C@]4(C)[C@H](CC=C5[C@@H]6CC(C)(C)CC[C@]6(C(=O)NCCCN6CCOCC6)CC[C@]54C)[C@@]2(C)C3)cc1OC. The Kier molecular flexibility index (Phi) is 10.1. The van der Waals surface area contributed by atoms with Gasteiger partial charge in [0.1, 0.15) is 0 Å². The lowest BCUT2D eigenvalue weighted by Crippen LogP contribution is -2.65. The number of aromatic nitrogens is 2. The van der Waals surface area contributed by atoms with Crippen molar-refractivity contribution in [2.24, 2.45) is 44.8 Å². The summed E-state index contributed by atoms with van der Waals surface area (Å²) in [5, 5.41) is 8.40. The quantitative estimate of drug-likeness (QED) is 0.202. The van der Waals surface area contributed by atoms with Gasteiger partial charge in [-0.3, -0.25) is 9.69 Å². The molecule has 0 spiro atoms. The Balaban J connectivity index is 1.09. The van der Waals surface area contributed by atoms with Crippen LogP contribution in [0.5, 0.6) is 11.5 Å². The van der Waals surface area contributed by atoms with Gasteiger partial charge in [-0.1, -0.05) is 60.1 Å². The van der Waals surface area contributed by atoms with Crippen LogP contribution in [0.2, 0.25) is 0 Å². The van der Waals surface area contributed by atoms with Crippen molar-refractivity contribution < 1.29 is 27.4 Å². The molecule has 0 unspecified atom stereocenters. The molecule has 1 aromatic heterocycles. The summed E-state index contributed by atoms with van der Waals surface area (Å²) in [6.45, 7) is 22.4. The molecule has 57 heavy (non-hydrogen) atoms. The molecule has 7 atom stereocenters. The van der Waals surface area contributed by atoms with Crippen molar-refractivity contribution in [1.29, 1.82) is 0 Å². The number of benzene rings is 1. The van der Waals surface area contributed by atoms with Crippen LogP contribution in [0.15, 0.2) is 40.9 Å². The number of nitrogens with zero attached hydrogens (tertiary/aromatic N) is 3. The first kappa shape index (κ1) is 40.9. The molecule has 5 aliphatic carbocycles. The maximum absolute atomic E-state index is 14.6. The molecule has 2 aromatic rings. The molecule has 10 nitrogen and oxygen atoms in total. The molecule has 2 heterocycles. The van der Waals surface area contributed by atoms with Crippen LogP contribution in [-0.2, 0) is 31.4 Å². The van der Waals surface area contributed by atoms with Crippen LogP contribution in [0.25, 0.3) is 0 Å². The standard InChI is InChI=1S/C46H68N4O6S/c1-41(2)17-19-46(40(51)47-21-10-22-49-23-25-56-26-24-49)20-18-44(6)33(34(46)29-41)12-14-38-43(5)28-31-30-50(48-39(31)42(3,4)37(43)15-16-45(38,44)7)57(52,53)32-11-13-35(54-8)36(27-32)55-9/h11-13,27,30,34,37-38H,10,14-26,28-29H2,1-9H3,(H,47,51)/t34-,37-,38+,43-,44+,45+,46-/m0/s1. The van der Waals surface area contributed by atoms with Crippen molar-refractivity contribution in [3.63, 3.8) is 0 Å². The maximum Gasteiger partial charge on any atom is 0.283 e. The van der Waals surface area contributed by atoms with Crippen molar-refractivity contribution in [3.05, 3.63) is 47.3 Å². The van der Waals surface area contributed by atoms with Gasteiger partial charge in [-0.25, -0.2) is 0 Å². The molecular weight excluding hydrogens is 737 g/mol. The van der Waals surface area contributed by atoms with Crippen LogP contribution in [0.3, 0.4) is 0 Å². The molecule has 6 aliphatic rings. The first-order chi connectivity index (χ1) is 26.9. The van der Waals surface area contributed by atoms with E-state index >= 15 is 0 Å². The van der Waals surface area contributed by atoms with Crippen molar-refractivity contribution in [1.82, 2.24) is 19.4 Å². The minimum atomic E-state index is -3.98. The Bertz CT molecular complexity index is 2030. The third-order valence-electron chi connectivity index (χ3n) is 17.1. The molecule has 3 saturated carbocycles. The van der Waals surface area contributed by atoms with Crippen molar-refractivity contribution in [2.45, 2.75) is 123 Å². The predicted molar refractivity (Wildman–Crippen MR) is 222 cm³/mol. The van der Waals surface area contributed by atoms with Gasteiger partial charge in [-0.2, -0.15) is 17.6 Å². The third kappa shape index (κ3) is 6.24. The fraction of sp³-hybridized carbons (Fsp3) is 0.739. The summed E-state index contributed by atoms with van der Waals surface area (Å²) < 4.78 is 45.9. The van der Waals surface area contributed by atoms with Gasteiger partial charge in [0.25, 0.3) is 10.0 Å². The van der Waals surface area contributed by atoms with E-state index in [1.54, 1.807) is 23.9 Å². The number of methoxy groups -OCH3 is 2. The number of amides is 1. The Labute approximate surface area is 341 Å².